The van der Waals surface area contributed by atoms with Gasteiger partial charge in [0.1, 0.15) is 0 Å². The van der Waals surface area contributed by atoms with E-state index in [1.807, 2.05) is 0 Å². The second-order valence-electron chi connectivity index (χ2n) is 4.43. The molecule has 23 heavy (non-hydrogen) atoms. The molecule has 2 amide bonds. The van der Waals surface area contributed by atoms with Gasteiger partial charge in [-0.2, -0.15) is 0 Å². The average molecular weight is 370 g/mol. The van der Waals surface area contributed by atoms with E-state index in [9.17, 15) is 9.59 Å². The Morgan fingerprint density at radius 1 is 0.913 bits per heavy atom. The highest BCUT2D eigenvalue weighted by Gasteiger charge is 2.06. The number of benzene rings is 2. The van der Waals surface area contributed by atoms with E-state index in [0.717, 1.165) is 0 Å². The zero-order chi connectivity index (χ0) is 16.8. The molecule has 2 rings (SSSR count). The Morgan fingerprint density at radius 3 is 2.30 bits per heavy atom. The SMILES string of the molecule is O=C(/C=C/c1cccc(Cl)c1Cl)NNC(=O)c1ccc(Cl)cc1. The minimum atomic E-state index is -0.511. The predicted molar refractivity (Wildman–Crippen MR) is 92.6 cm³/mol. The molecular weight excluding hydrogens is 359 g/mol. The van der Waals surface area contributed by atoms with Gasteiger partial charge in [0.25, 0.3) is 11.8 Å². The standard InChI is InChI=1S/C16H11Cl3N2O2/c17-12-7-4-11(5-8-12)16(23)21-20-14(22)9-6-10-2-1-3-13(18)15(10)19/h1-9H,(H,20,22)(H,21,23)/b9-6+. The van der Waals surface area contributed by atoms with E-state index in [0.29, 0.717) is 26.2 Å². The molecule has 2 aromatic carbocycles. The van der Waals surface area contributed by atoms with Gasteiger partial charge in [-0.15, -0.1) is 0 Å². The maximum atomic E-state index is 11.8. The van der Waals surface area contributed by atoms with E-state index >= 15 is 0 Å². The van der Waals surface area contributed by atoms with E-state index < -0.39 is 11.8 Å². The van der Waals surface area contributed by atoms with Crippen molar-refractivity contribution in [1.82, 2.24) is 10.9 Å². The van der Waals surface area contributed by atoms with E-state index in [4.69, 9.17) is 34.8 Å². The quantitative estimate of drug-likeness (QED) is 0.631. The van der Waals surface area contributed by atoms with E-state index in [1.165, 1.54) is 12.2 Å². The predicted octanol–water partition coefficient (Wildman–Crippen LogP) is 4.12. The summed E-state index contributed by atoms with van der Waals surface area (Å²) in [5, 5.41) is 1.26. The number of amides is 2. The summed E-state index contributed by atoms with van der Waals surface area (Å²) < 4.78 is 0. The Morgan fingerprint density at radius 2 is 1.61 bits per heavy atom. The fourth-order valence-corrected chi connectivity index (χ4v) is 2.14. The van der Waals surface area contributed by atoms with Gasteiger partial charge >= 0.3 is 0 Å². The fraction of sp³-hybridized carbons (Fsp3) is 0. The van der Waals surface area contributed by atoms with Crippen molar-refractivity contribution in [3.8, 4) is 0 Å². The van der Waals surface area contributed by atoms with Crippen molar-refractivity contribution in [3.05, 3.63) is 74.7 Å². The lowest BCUT2D eigenvalue weighted by atomic mass is 10.2. The van der Waals surface area contributed by atoms with Crippen molar-refractivity contribution < 1.29 is 9.59 Å². The molecule has 0 saturated heterocycles. The van der Waals surface area contributed by atoms with Gasteiger partial charge in [-0.1, -0.05) is 46.9 Å². The van der Waals surface area contributed by atoms with Crippen LogP contribution in [0, 0.1) is 0 Å². The molecular formula is C16H11Cl3N2O2. The molecule has 0 unspecified atom stereocenters. The monoisotopic (exact) mass is 368 g/mol. The van der Waals surface area contributed by atoms with Crippen molar-refractivity contribution >= 4 is 52.7 Å². The number of carbonyl (C=O) groups excluding carboxylic acids is 2. The molecule has 0 saturated carbocycles. The van der Waals surface area contributed by atoms with Crippen LogP contribution in [0.3, 0.4) is 0 Å². The second-order valence-corrected chi connectivity index (χ2v) is 5.65. The van der Waals surface area contributed by atoms with Crippen LogP contribution in [0.4, 0.5) is 0 Å². The van der Waals surface area contributed by atoms with Crippen LogP contribution < -0.4 is 10.9 Å². The molecule has 0 aliphatic heterocycles. The fourth-order valence-electron chi connectivity index (χ4n) is 1.65. The summed E-state index contributed by atoms with van der Waals surface area (Å²) in [7, 11) is 0. The molecule has 0 radical (unpaired) electrons. The van der Waals surface area contributed by atoms with Crippen molar-refractivity contribution in [1.29, 1.82) is 0 Å². The van der Waals surface area contributed by atoms with Crippen LogP contribution in [-0.2, 0) is 4.79 Å². The number of rotatable bonds is 3. The maximum absolute atomic E-state index is 11.8. The number of halogens is 3. The van der Waals surface area contributed by atoms with Gasteiger partial charge < -0.3 is 0 Å². The maximum Gasteiger partial charge on any atom is 0.269 e. The van der Waals surface area contributed by atoms with Gasteiger partial charge in [0.15, 0.2) is 0 Å². The molecule has 2 aromatic rings. The third kappa shape index (κ3) is 4.99. The second kappa shape index (κ2) is 8.02. The van der Waals surface area contributed by atoms with Crippen LogP contribution in [0.2, 0.25) is 15.1 Å². The van der Waals surface area contributed by atoms with Crippen LogP contribution in [0.25, 0.3) is 6.08 Å². The summed E-state index contributed by atoms with van der Waals surface area (Å²) >= 11 is 17.6. The number of nitrogens with one attached hydrogen (secondary N) is 2. The van der Waals surface area contributed by atoms with E-state index in [2.05, 4.69) is 10.9 Å². The molecule has 0 aliphatic carbocycles. The highest BCUT2D eigenvalue weighted by molar-refractivity contribution is 6.42. The lowest BCUT2D eigenvalue weighted by Gasteiger charge is -2.05. The number of hydrogen-bond donors (Lipinski definition) is 2. The van der Waals surface area contributed by atoms with Crippen molar-refractivity contribution in [3.63, 3.8) is 0 Å². The number of hydrogen-bond acceptors (Lipinski definition) is 2. The first-order valence-electron chi connectivity index (χ1n) is 6.45. The first kappa shape index (κ1) is 17.3. The summed E-state index contributed by atoms with van der Waals surface area (Å²) in [6.45, 7) is 0. The van der Waals surface area contributed by atoms with E-state index in [1.54, 1.807) is 42.5 Å². The summed E-state index contributed by atoms with van der Waals surface area (Å²) in [6, 6.07) is 11.3. The molecule has 0 bridgehead atoms. The molecule has 0 heterocycles. The van der Waals surface area contributed by atoms with Gasteiger partial charge in [-0.3, -0.25) is 20.4 Å². The van der Waals surface area contributed by atoms with Crippen LogP contribution >= 0.6 is 34.8 Å². The van der Waals surface area contributed by atoms with Crippen LogP contribution in [0.1, 0.15) is 15.9 Å². The first-order valence-corrected chi connectivity index (χ1v) is 7.59. The Bertz CT molecular complexity index is 758. The molecule has 7 heteroatoms. The van der Waals surface area contributed by atoms with Gasteiger partial charge in [-0.25, -0.2) is 0 Å². The lowest BCUT2D eigenvalue weighted by molar-refractivity contribution is -0.117. The minimum Gasteiger partial charge on any atom is -0.268 e. The van der Waals surface area contributed by atoms with Crippen LogP contribution in [0.5, 0.6) is 0 Å². The normalized spacial score (nSPS) is 10.6. The summed E-state index contributed by atoms with van der Waals surface area (Å²) in [5.41, 5.74) is 5.52. The van der Waals surface area contributed by atoms with Gasteiger partial charge in [0.2, 0.25) is 0 Å². The Balaban J connectivity index is 1.92. The number of carbonyl (C=O) groups is 2. The number of hydrazine groups is 1. The topological polar surface area (TPSA) is 58.2 Å². The zero-order valence-electron chi connectivity index (χ0n) is 11.6. The molecule has 0 aliphatic rings. The van der Waals surface area contributed by atoms with E-state index in [-0.39, 0.29) is 0 Å². The Hall–Kier alpha value is -2.01. The van der Waals surface area contributed by atoms with Crippen LogP contribution in [0.15, 0.2) is 48.5 Å². The lowest BCUT2D eigenvalue weighted by Crippen LogP contribution is -2.40. The van der Waals surface area contributed by atoms with Gasteiger partial charge in [0, 0.05) is 16.7 Å². The summed E-state index contributed by atoms with van der Waals surface area (Å²) in [5.74, 6) is -0.965. The summed E-state index contributed by atoms with van der Waals surface area (Å²) in [6.07, 6.45) is 2.73. The largest absolute Gasteiger partial charge is 0.269 e. The molecule has 0 fully saturated rings. The smallest absolute Gasteiger partial charge is 0.268 e. The Labute approximate surface area is 148 Å². The zero-order valence-corrected chi connectivity index (χ0v) is 13.9. The molecule has 0 atom stereocenters. The molecule has 0 aromatic heterocycles. The average Bonchev–Trinajstić information content (AvgIpc) is 2.54. The minimum absolute atomic E-state index is 0.350. The first-order chi connectivity index (χ1) is 11.0. The molecule has 0 spiro atoms. The van der Waals surface area contributed by atoms with Gasteiger partial charge in [-0.05, 0) is 42.0 Å². The summed E-state index contributed by atoms with van der Waals surface area (Å²) in [4.78, 5) is 23.5. The molecule has 118 valence electrons. The molecule has 4 nitrogen and oxygen atoms in total. The highest BCUT2D eigenvalue weighted by Crippen LogP contribution is 2.26. The third-order valence-electron chi connectivity index (χ3n) is 2.80. The van der Waals surface area contributed by atoms with Crippen LogP contribution in [-0.4, -0.2) is 11.8 Å². The van der Waals surface area contributed by atoms with Crippen molar-refractivity contribution in [2.45, 2.75) is 0 Å². The van der Waals surface area contributed by atoms with Crippen molar-refractivity contribution in [2.24, 2.45) is 0 Å². The Kier molecular flexibility index (Phi) is 6.04. The van der Waals surface area contributed by atoms with Crippen molar-refractivity contribution in [2.75, 3.05) is 0 Å². The highest BCUT2D eigenvalue weighted by atomic mass is 35.5. The third-order valence-corrected chi connectivity index (χ3v) is 3.89. The van der Waals surface area contributed by atoms with Gasteiger partial charge in [0.05, 0.1) is 10.0 Å². The molecule has 2 N–H and O–H groups in total.